The fourth-order valence-electron chi connectivity index (χ4n) is 4.18. The van der Waals surface area contributed by atoms with Gasteiger partial charge in [0.05, 0.1) is 16.6 Å². The lowest BCUT2D eigenvalue weighted by Crippen LogP contribution is -2.58. The molecule has 0 unspecified atom stereocenters. The van der Waals surface area contributed by atoms with Crippen LogP contribution in [0.2, 0.25) is 0 Å². The first-order valence-corrected chi connectivity index (χ1v) is 13.4. The summed E-state index contributed by atoms with van der Waals surface area (Å²) < 4.78 is 32.5. The van der Waals surface area contributed by atoms with Crippen molar-refractivity contribution in [2.24, 2.45) is 0 Å². The van der Waals surface area contributed by atoms with Crippen molar-refractivity contribution >= 4 is 55.0 Å². The molecule has 166 valence electrons. The Morgan fingerprint density at radius 3 is 2.66 bits per heavy atom. The molecule has 1 aromatic heterocycles. The highest BCUT2D eigenvalue weighted by Crippen LogP contribution is 2.48. The van der Waals surface area contributed by atoms with Crippen LogP contribution in [0.3, 0.4) is 0 Å². The summed E-state index contributed by atoms with van der Waals surface area (Å²) in [5, 5.41) is -0.967. The molecule has 2 aliphatic rings. The van der Waals surface area contributed by atoms with Gasteiger partial charge in [-0.25, -0.2) is 18.2 Å². The average Bonchev–Trinajstić information content (AvgIpc) is 3.26. The van der Waals surface area contributed by atoms with E-state index in [9.17, 15) is 18.0 Å². The Labute approximate surface area is 193 Å². The number of sulfone groups is 1. The average molecular weight is 489 g/mol. The molecule has 0 radical (unpaired) electrons. The molecule has 5 rings (SSSR count). The van der Waals surface area contributed by atoms with E-state index in [0.29, 0.717) is 0 Å². The van der Waals surface area contributed by atoms with Gasteiger partial charge in [-0.1, -0.05) is 54.2 Å². The topological polar surface area (TPSA) is 93.6 Å². The zero-order valence-corrected chi connectivity index (χ0v) is 19.6. The molecule has 0 N–H and O–H groups in total. The van der Waals surface area contributed by atoms with Crippen molar-refractivity contribution in [1.29, 1.82) is 0 Å². The van der Waals surface area contributed by atoms with Crippen LogP contribution >= 0.6 is 23.1 Å². The summed E-state index contributed by atoms with van der Waals surface area (Å²) in [5.41, 5.74) is 1.64. The number of aromatic nitrogens is 1. The van der Waals surface area contributed by atoms with Crippen LogP contribution in [0.25, 0.3) is 10.2 Å². The Morgan fingerprint density at radius 2 is 1.94 bits per heavy atom. The first-order valence-electron chi connectivity index (χ1n) is 10.0. The number of fused-ring (bicyclic) bond motifs is 2. The van der Waals surface area contributed by atoms with Crippen LogP contribution in [0.5, 0.6) is 0 Å². The Balaban J connectivity index is 1.41. The summed E-state index contributed by atoms with van der Waals surface area (Å²) in [5.74, 6) is -0.935. The predicted octanol–water partition coefficient (Wildman–Crippen LogP) is 3.25. The standard InChI is InChI=1S/C22H20N2O5S3/c1-22(13-30-21-23-15-9-5-6-10-16(15)31-21)19(24-17(25)11-18(24)32(22,27)28)20(26)29-12-14-7-3-2-4-8-14/h2-10,18-19H,11-13H2,1H3/t18-,19+,22+/m1/s1. The maximum absolute atomic E-state index is 13.4. The van der Waals surface area contributed by atoms with Crippen LogP contribution in [0, 0.1) is 0 Å². The van der Waals surface area contributed by atoms with Crippen LogP contribution in [0.15, 0.2) is 58.9 Å². The van der Waals surface area contributed by atoms with Gasteiger partial charge in [0.2, 0.25) is 5.91 Å². The number of hydrogen-bond acceptors (Lipinski definition) is 8. The van der Waals surface area contributed by atoms with Crippen LogP contribution in [-0.2, 0) is 30.8 Å². The third-order valence-corrected chi connectivity index (χ3v) is 11.5. The molecule has 0 aliphatic carbocycles. The maximum atomic E-state index is 13.4. The van der Waals surface area contributed by atoms with E-state index in [1.54, 1.807) is 6.92 Å². The number of para-hydroxylation sites is 1. The smallest absolute Gasteiger partial charge is 0.330 e. The van der Waals surface area contributed by atoms with Gasteiger partial charge in [0.1, 0.15) is 16.7 Å². The van der Waals surface area contributed by atoms with Crippen molar-refractivity contribution in [3.63, 3.8) is 0 Å². The van der Waals surface area contributed by atoms with E-state index in [0.717, 1.165) is 20.1 Å². The molecular weight excluding hydrogens is 468 g/mol. The van der Waals surface area contributed by atoms with E-state index < -0.39 is 32.0 Å². The second-order valence-electron chi connectivity index (χ2n) is 8.05. The number of carbonyl (C=O) groups is 2. The number of thiazole rings is 1. The zero-order valence-electron chi connectivity index (χ0n) is 17.1. The molecule has 3 heterocycles. The fraction of sp³-hybridized carbons (Fsp3) is 0.318. The van der Waals surface area contributed by atoms with Gasteiger partial charge in [-0.15, -0.1) is 11.3 Å². The minimum absolute atomic E-state index is 0.0179. The largest absolute Gasteiger partial charge is 0.459 e. The number of ether oxygens (including phenoxy) is 1. The Hall–Kier alpha value is -2.43. The highest BCUT2D eigenvalue weighted by molar-refractivity contribution is 8.02. The third-order valence-electron chi connectivity index (χ3n) is 6.02. The van der Waals surface area contributed by atoms with E-state index in [2.05, 4.69) is 4.98 Å². The molecule has 3 atom stereocenters. The highest BCUT2D eigenvalue weighted by atomic mass is 32.2. The summed E-state index contributed by atoms with van der Waals surface area (Å²) in [6.07, 6.45) is -0.0911. The second-order valence-corrected chi connectivity index (χ2v) is 12.9. The molecule has 2 fully saturated rings. The highest BCUT2D eigenvalue weighted by Gasteiger charge is 2.70. The number of β-lactam (4-membered cyclic amide) rings is 1. The fourth-order valence-corrected chi connectivity index (χ4v) is 9.17. The summed E-state index contributed by atoms with van der Waals surface area (Å²) in [6, 6.07) is 15.7. The first-order chi connectivity index (χ1) is 15.3. The van der Waals surface area contributed by atoms with Crippen molar-refractivity contribution in [2.45, 2.75) is 40.5 Å². The van der Waals surface area contributed by atoms with Crippen LogP contribution in [-0.4, -0.2) is 52.1 Å². The van der Waals surface area contributed by atoms with E-state index in [1.165, 1.54) is 28.0 Å². The molecule has 32 heavy (non-hydrogen) atoms. The quantitative estimate of drug-likeness (QED) is 0.299. The van der Waals surface area contributed by atoms with E-state index in [-0.39, 0.29) is 24.7 Å². The molecule has 2 saturated heterocycles. The van der Waals surface area contributed by atoms with E-state index in [4.69, 9.17) is 4.74 Å². The van der Waals surface area contributed by atoms with Gasteiger partial charge in [-0.05, 0) is 24.6 Å². The van der Waals surface area contributed by atoms with Crippen molar-refractivity contribution < 1.29 is 22.7 Å². The van der Waals surface area contributed by atoms with Crippen molar-refractivity contribution in [1.82, 2.24) is 9.88 Å². The lowest BCUT2D eigenvalue weighted by molar-refractivity contribution is -0.162. The molecule has 0 bridgehead atoms. The number of esters is 1. The van der Waals surface area contributed by atoms with Gasteiger partial charge in [0.25, 0.3) is 0 Å². The van der Waals surface area contributed by atoms with Crippen LogP contribution in [0.1, 0.15) is 18.9 Å². The molecule has 0 spiro atoms. The number of thioether (sulfide) groups is 1. The normalized spacial score (nSPS) is 26.0. The molecule has 2 aromatic carbocycles. The first kappa shape index (κ1) is 21.4. The number of hydrogen-bond donors (Lipinski definition) is 0. The van der Waals surface area contributed by atoms with Crippen LogP contribution in [0.4, 0.5) is 0 Å². The predicted molar refractivity (Wildman–Crippen MR) is 123 cm³/mol. The van der Waals surface area contributed by atoms with Crippen molar-refractivity contribution in [3.8, 4) is 0 Å². The molecule has 0 saturated carbocycles. The molecular formula is C22H20N2O5S3. The number of amides is 1. The van der Waals surface area contributed by atoms with Crippen LogP contribution < -0.4 is 0 Å². The number of nitrogens with zero attached hydrogens (tertiary/aromatic N) is 2. The van der Waals surface area contributed by atoms with Crippen molar-refractivity contribution in [3.05, 3.63) is 60.2 Å². The Morgan fingerprint density at radius 1 is 1.22 bits per heavy atom. The molecule has 2 aliphatic heterocycles. The monoisotopic (exact) mass is 488 g/mol. The maximum Gasteiger partial charge on any atom is 0.330 e. The lowest BCUT2D eigenvalue weighted by Gasteiger charge is -2.36. The second kappa shape index (κ2) is 7.86. The summed E-state index contributed by atoms with van der Waals surface area (Å²) >= 11 is 2.77. The van der Waals surface area contributed by atoms with E-state index in [1.807, 2.05) is 54.6 Å². The SMILES string of the molecule is C[C@]1(CSc2nc3ccccc3s2)[C@H](C(=O)OCc2ccccc2)N2C(=O)C[C@H]2S1(=O)=O. The molecule has 7 nitrogen and oxygen atoms in total. The number of rotatable bonds is 6. The van der Waals surface area contributed by atoms with Gasteiger partial charge in [-0.3, -0.25) is 4.79 Å². The van der Waals surface area contributed by atoms with E-state index >= 15 is 0 Å². The number of carbonyl (C=O) groups excluding carboxylic acids is 2. The molecule has 3 aromatic rings. The third kappa shape index (κ3) is 3.32. The Bertz CT molecular complexity index is 1270. The minimum atomic E-state index is -3.78. The van der Waals surface area contributed by atoms with Gasteiger partial charge in [0.15, 0.2) is 20.2 Å². The lowest BCUT2D eigenvalue weighted by atomic mass is 9.98. The molecule has 10 heteroatoms. The zero-order chi connectivity index (χ0) is 22.5. The number of benzene rings is 2. The molecule has 1 amide bonds. The van der Waals surface area contributed by atoms with Gasteiger partial charge < -0.3 is 9.64 Å². The van der Waals surface area contributed by atoms with Crippen molar-refractivity contribution in [2.75, 3.05) is 5.75 Å². The Kier molecular flexibility index (Phi) is 5.26. The van der Waals surface area contributed by atoms with Gasteiger partial charge in [-0.2, -0.15) is 0 Å². The van der Waals surface area contributed by atoms with Gasteiger partial charge in [0, 0.05) is 5.75 Å². The minimum Gasteiger partial charge on any atom is -0.459 e. The summed E-state index contributed by atoms with van der Waals surface area (Å²) in [4.78, 5) is 31.2. The summed E-state index contributed by atoms with van der Waals surface area (Å²) in [6.45, 7) is 1.56. The summed E-state index contributed by atoms with van der Waals surface area (Å²) in [7, 11) is -3.78. The van der Waals surface area contributed by atoms with Gasteiger partial charge >= 0.3 is 5.97 Å².